The second kappa shape index (κ2) is 5.22. The van der Waals surface area contributed by atoms with Crippen molar-refractivity contribution < 1.29 is 0 Å². The van der Waals surface area contributed by atoms with Gasteiger partial charge in [0.15, 0.2) is 0 Å². The van der Waals surface area contributed by atoms with Crippen LogP contribution in [-0.4, -0.2) is 0 Å². The molecule has 0 bridgehead atoms. The van der Waals surface area contributed by atoms with E-state index in [2.05, 4.69) is 109 Å². The molecule has 1 aliphatic rings. The molecule has 2 aromatic carbocycles. The van der Waals surface area contributed by atoms with Crippen LogP contribution in [0.1, 0.15) is 59.6 Å². The first-order valence-electron chi connectivity index (χ1n) is 9.23. The van der Waals surface area contributed by atoms with Crippen LogP contribution in [0.4, 0.5) is 0 Å². The Bertz CT molecular complexity index is 642. The average molecular weight is 321 g/mol. The van der Waals surface area contributed by atoms with Crippen molar-refractivity contribution in [1.29, 1.82) is 0 Å². The summed E-state index contributed by atoms with van der Waals surface area (Å²) >= 11 is 0. The first-order chi connectivity index (χ1) is 11.1. The molecule has 0 amide bonds. The monoisotopic (exact) mass is 320 g/mol. The van der Waals surface area contributed by atoms with E-state index in [1.165, 1.54) is 11.1 Å². The highest BCUT2D eigenvalue weighted by Crippen LogP contribution is 2.84. The Balaban J connectivity index is 2.37. The lowest BCUT2D eigenvalue weighted by Crippen LogP contribution is -2.42. The van der Waals surface area contributed by atoms with E-state index in [1.54, 1.807) is 0 Å². The summed E-state index contributed by atoms with van der Waals surface area (Å²) in [5, 5.41) is 0. The van der Waals surface area contributed by atoms with Crippen molar-refractivity contribution in [3.63, 3.8) is 0 Å². The third-order valence-corrected chi connectivity index (χ3v) is 6.66. The van der Waals surface area contributed by atoms with Gasteiger partial charge in [0.25, 0.3) is 0 Å². The van der Waals surface area contributed by atoms with Crippen molar-refractivity contribution in [2.24, 2.45) is 22.2 Å². The number of benzene rings is 2. The number of rotatable bonds is 2. The molecular weight excluding hydrogens is 288 g/mol. The van der Waals surface area contributed by atoms with Gasteiger partial charge >= 0.3 is 0 Å². The number of hydrogen-bond acceptors (Lipinski definition) is 0. The molecule has 0 aliphatic heterocycles. The topological polar surface area (TPSA) is 0 Å². The molecule has 0 N–H and O–H groups in total. The predicted octanol–water partition coefficient (Wildman–Crippen LogP) is 6.70. The number of hydrogen-bond donors (Lipinski definition) is 0. The highest BCUT2D eigenvalue weighted by Gasteiger charge is 2.82. The predicted molar refractivity (Wildman–Crippen MR) is 104 cm³/mol. The third kappa shape index (κ3) is 1.92. The molecule has 2 aromatic rings. The molecule has 0 heterocycles. The molecule has 0 aromatic heterocycles. The summed E-state index contributed by atoms with van der Waals surface area (Å²) in [6.45, 7) is 17.1. The summed E-state index contributed by atoms with van der Waals surface area (Å²) in [4.78, 5) is 0. The SMILES string of the molecule is CC1C(c2ccccc2)(c2ccccc2)C1(C(C)(C)C)C(C)(C)C. The standard InChI is InChI=1S/C24H32/c1-18-23(19-14-10-8-11-15-19,20-16-12-9-13-17-20)24(18,21(2,3)4)22(5,6)7/h8-18H,1-7H3. The van der Waals surface area contributed by atoms with Gasteiger partial charge < -0.3 is 0 Å². The molecule has 1 atom stereocenters. The van der Waals surface area contributed by atoms with E-state index < -0.39 is 0 Å². The second-order valence-electron chi connectivity index (χ2n) is 9.57. The van der Waals surface area contributed by atoms with Crippen molar-refractivity contribution in [2.45, 2.75) is 53.9 Å². The summed E-state index contributed by atoms with van der Waals surface area (Å²) in [5.41, 5.74) is 3.62. The molecule has 1 unspecified atom stereocenters. The molecule has 3 rings (SSSR count). The Morgan fingerprint density at radius 3 is 1.21 bits per heavy atom. The summed E-state index contributed by atoms with van der Waals surface area (Å²) in [6, 6.07) is 22.4. The van der Waals surface area contributed by atoms with Crippen LogP contribution in [0.2, 0.25) is 0 Å². The molecular formula is C24H32. The van der Waals surface area contributed by atoms with Crippen LogP contribution in [0.25, 0.3) is 0 Å². The van der Waals surface area contributed by atoms with Crippen molar-refractivity contribution in [3.8, 4) is 0 Å². The molecule has 0 radical (unpaired) electrons. The van der Waals surface area contributed by atoms with Gasteiger partial charge in [0.2, 0.25) is 0 Å². The maximum Gasteiger partial charge on any atom is 0.0303 e. The van der Waals surface area contributed by atoms with Crippen molar-refractivity contribution >= 4 is 0 Å². The maximum absolute atomic E-state index is 2.47. The largest absolute Gasteiger partial charge is 0.0622 e. The zero-order valence-electron chi connectivity index (χ0n) is 16.4. The minimum atomic E-state index is 0.0754. The van der Waals surface area contributed by atoms with E-state index in [9.17, 15) is 0 Å². The molecule has 0 heteroatoms. The Kier molecular flexibility index (Phi) is 3.75. The molecule has 0 saturated heterocycles. The summed E-state index contributed by atoms with van der Waals surface area (Å²) in [6.07, 6.45) is 0. The van der Waals surface area contributed by atoms with Gasteiger partial charge in [0.05, 0.1) is 0 Å². The summed E-state index contributed by atoms with van der Waals surface area (Å²) in [7, 11) is 0. The van der Waals surface area contributed by atoms with Crippen LogP contribution < -0.4 is 0 Å². The van der Waals surface area contributed by atoms with E-state index in [1.807, 2.05) is 0 Å². The van der Waals surface area contributed by atoms with E-state index >= 15 is 0 Å². The Hall–Kier alpha value is -1.56. The quantitative estimate of drug-likeness (QED) is 0.577. The Morgan fingerprint density at radius 1 is 0.625 bits per heavy atom. The first-order valence-corrected chi connectivity index (χ1v) is 9.23. The van der Waals surface area contributed by atoms with Crippen LogP contribution in [0, 0.1) is 22.2 Å². The lowest BCUT2D eigenvalue weighted by Gasteiger charge is -2.47. The van der Waals surface area contributed by atoms with Gasteiger partial charge in [-0.1, -0.05) is 109 Å². The second-order valence-corrected chi connectivity index (χ2v) is 9.57. The van der Waals surface area contributed by atoms with Crippen molar-refractivity contribution in [3.05, 3.63) is 71.8 Å². The van der Waals surface area contributed by atoms with Crippen LogP contribution in [-0.2, 0) is 5.41 Å². The highest BCUT2D eigenvalue weighted by atomic mass is 14.8. The van der Waals surface area contributed by atoms with Gasteiger partial charge in [-0.3, -0.25) is 0 Å². The normalized spacial score (nSPS) is 22.2. The molecule has 1 fully saturated rings. The fourth-order valence-corrected chi connectivity index (χ4v) is 6.79. The lowest BCUT2D eigenvalue weighted by molar-refractivity contribution is 0.0440. The van der Waals surface area contributed by atoms with Gasteiger partial charge in [-0.25, -0.2) is 0 Å². The smallest absolute Gasteiger partial charge is 0.0303 e. The lowest BCUT2D eigenvalue weighted by atomic mass is 9.57. The average Bonchev–Trinajstić information content (AvgIpc) is 3.11. The van der Waals surface area contributed by atoms with Crippen LogP contribution >= 0.6 is 0 Å². The van der Waals surface area contributed by atoms with Gasteiger partial charge in [-0.05, 0) is 33.3 Å². The highest BCUT2D eigenvalue weighted by molar-refractivity contribution is 5.55. The molecule has 0 nitrogen and oxygen atoms in total. The van der Waals surface area contributed by atoms with E-state index in [4.69, 9.17) is 0 Å². The van der Waals surface area contributed by atoms with Crippen molar-refractivity contribution in [1.82, 2.24) is 0 Å². The summed E-state index contributed by atoms with van der Waals surface area (Å²) in [5.74, 6) is 0.592. The molecule has 0 spiro atoms. The molecule has 128 valence electrons. The third-order valence-electron chi connectivity index (χ3n) is 6.66. The van der Waals surface area contributed by atoms with Crippen LogP contribution in [0.15, 0.2) is 60.7 Å². The fourth-order valence-electron chi connectivity index (χ4n) is 6.79. The summed E-state index contributed by atoms with van der Waals surface area (Å²) < 4.78 is 0. The van der Waals surface area contributed by atoms with Gasteiger partial charge in [0.1, 0.15) is 0 Å². The maximum atomic E-state index is 2.47. The molecule has 24 heavy (non-hydrogen) atoms. The molecule has 1 saturated carbocycles. The minimum Gasteiger partial charge on any atom is -0.0622 e. The van der Waals surface area contributed by atoms with Crippen LogP contribution in [0.5, 0.6) is 0 Å². The van der Waals surface area contributed by atoms with Gasteiger partial charge in [-0.15, -0.1) is 0 Å². The van der Waals surface area contributed by atoms with E-state index in [0.717, 1.165) is 0 Å². The van der Waals surface area contributed by atoms with E-state index in [-0.39, 0.29) is 21.7 Å². The van der Waals surface area contributed by atoms with Crippen molar-refractivity contribution in [2.75, 3.05) is 0 Å². The van der Waals surface area contributed by atoms with Gasteiger partial charge in [0, 0.05) is 5.41 Å². The fraction of sp³-hybridized carbons (Fsp3) is 0.500. The zero-order valence-corrected chi connectivity index (χ0v) is 16.4. The first kappa shape index (κ1) is 17.3. The van der Waals surface area contributed by atoms with Gasteiger partial charge in [-0.2, -0.15) is 0 Å². The van der Waals surface area contributed by atoms with Crippen LogP contribution in [0.3, 0.4) is 0 Å². The minimum absolute atomic E-state index is 0.0754. The zero-order chi connectivity index (χ0) is 17.8. The molecule has 1 aliphatic carbocycles. The Labute approximate surface area is 148 Å². The Morgan fingerprint density at radius 2 is 0.958 bits per heavy atom. The van der Waals surface area contributed by atoms with E-state index in [0.29, 0.717) is 5.92 Å².